The van der Waals surface area contributed by atoms with Crippen LogP contribution in [0.25, 0.3) is 11.4 Å². The van der Waals surface area contributed by atoms with Gasteiger partial charge in [-0.1, -0.05) is 18.6 Å². The number of carboxylic acids is 1. The maximum Gasteiger partial charge on any atom is 0.407 e. The second-order valence-corrected chi connectivity index (χ2v) is 9.98. The molecule has 0 spiro atoms. The summed E-state index contributed by atoms with van der Waals surface area (Å²) in [7, 11) is 1.78. The lowest BCUT2D eigenvalue weighted by molar-refractivity contribution is -0.138. The van der Waals surface area contributed by atoms with Crippen molar-refractivity contribution in [3.63, 3.8) is 0 Å². The molecule has 2 aromatic rings. The number of hydrogen-bond acceptors (Lipinski definition) is 7. The third-order valence-corrected chi connectivity index (χ3v) is 7.12. The highest BCUT2D eigenvalue weighted by atomic mass is 16.5. The van der Waals surface area contributed by atoms with Gasteiger partial charge in [0.25, 0.3) is 0 Å². The minimum absolute atomic E-state index is 0.0000872. The highest BCUT2D eigenvalue weighted by molar-refractivity contribution is 5.68. The molecular weight excluding hydrogens is 450 g/mol. The molecule has 10 nitrogen and oxygen atoms in total. The molecule has 0 aromatic carbocycles. The fraction of sp³-hybridized carbons (Fsp3) is 0.640. The van der Waals surface area contributed by atoms with E-state index in [1.54, 1.807) is 11.7 Å². The van der Waals surface area contributed by atoms with Crippen LogP contribution in [-0.4, -0.2) is 49.9 Å². The minimum Gasteiger partial charge on any atom is -0.489 e. The van der Waals surface area contributed by atoms with Crippen LogP contribution in [0.3, 0.4) is 0 Å². The van der Waals surface area contributed by atoms with Gasteiger partial charge in [0.05, 0.1) is 36.3 Å². The summed E-state index contributed by atoms with van der Waals surface area (Å²) in [6, 6.07) is 3.70. The van der Waals surface area contributed by atoms with Crippen molar-refractivity contribution in [1.29, 1.82) is 0 Å². The van der Waals surface area contributed by atoms with Gasteiger partial charge in [0.1, 0.15) is 11.4 Å². The summed E-state index contributed by atoms with van der Waals surface area (Å²) in [5, 5.41) is 20.2. The van der Waals surface area contributed by atoms with E-state index in [-0.39, 0.29) is 30.4 Å². The Morgan fingerprint density at radius 1 is 1.29 bits per heavy atom. The quantitative estimate of drug-likeness (QED) is 0.488. The first-order valence-electron chi connectivity index (χ1n) is 12.4. The van der Waals surface area contributed by atoms with Crippen LogP contribution < -0.4 is 10.1 Å². The lowest BCUT2D eigenvalue weighted by atomic mass is 10.0. The third kappa shape index (κ3) is 6.29. The SMILES string of the molecule is CCCC1(COC(=O)NCc2c(-c3ccc(OC4CCC(CC(=O)O)C4)c(C)n3)nnn2C)CC1. The molecule has 2 heterocycles. The molecule has 4 rings (SSSR count). The monoisotopic (exact) mass is 485 g/mol. The second-order valence-electron chi connectivity index (χ2n) is 9.98. The highest BCUT2D eigenvalue weighted by Gasteiger charge is 2.42. The number of aromatic nitrogens is 4. The number of carboxylic acid groups (broad SMARTS) is 1. The number of nitrogens with zero attached hydrogens (tertiary/aromatic N) is 4. The van der Waals surface area contributed by atoms with Gasteiger partial charge in [0, 0.05) is 18.9 Å². The molecule has 0 radical (unpaired) electrons. The Bertz CT molecular complexity index is 1060. The molecule has 190 valence electrons. The number of aryl methyl sites for hydroxylation is 2. The zero-order valence-corrected chi connectivity index (χ0v) is 20.7. The Morgan fingerprint density at radius 3 is 2.77 bits per heavy atom. The minimum atomic E-state index is -0.760. The van der Waals surface area contributed by atoms with Crippen molar-refractivity contribution in [2.45, 2.75) is 77.9 Å². The summed E-state index contributed by atoms with van der Waals surface area (Å²) >= 11 is 0. The Kier molecular flexibility index (Phi) is 7.57. The predicted molar refractivity (Wildman–Crippen MR) is 128 cm³/mol. The van der Waals surface area contributed by atoms with Crippen LogP contribution in [0.1, 0.15) is 69.7 Å². The van der Waals surface area contributed by atoms with Crippen LogP contribution in [-0.2, 0) is 23.1 Å². The molecule has 35 heavy (non-hydrogen) atoms. The van der Waals surface area contributed by atoms with Crippen LogP contribution in [0.15, 0.2) is 12.1 Å². The smallest absolute Gasteiger partial charge is 0.407 e. The van der Waals surface area contributed by atoms with E-state index in [1.165, 1.54) is 0 Å². The fourth-order valence-electron chi connectivity index (χ4n) is 4.93. The first kappa shape index (κ1) is 24.9. The van der Waals surface area contributed by atoms with E-state index in [9.17, 15) is 9.59 Å². The Labute approximate surface area is 205 Å². The van der Waals surface area contributed by atoms with Gasteiger partial charge < -0.3 is 19.9 Å². The maximum absolute atomic E-state index is 12.3. The summed E-state index contributed by atoms with van der Waals surface area (Å²) < 4.78 is 13.2. The van der Waals surface area contributed by atoms with Crippen molar-refractivity contribution in [2.24, 2.45) is 18.4 Å². The average Bonchev–Trinajstić information content (AvgIpc) is 3.28. The second kappa shape index (κ2) is 10.6. The van der Waals surface area contributed by atoms with E-state index in [1.807, 2.05) is 19.1 Å². The lowest BCUT2D eigenvalue weighted by Gasteiger charge is -2.16. The normalized spacial score (nSPS) is 20.4. The van der Waals surface area contributed by atoms with Gasteiger partial charge in [-0.25, -0.2) is 14.5 Å². The molecule has 2 aliphatic rings. The average molecular weight is 486 g/mol. The molecule has 2 aliphatic carbocycles. The Balaban J connectivity index is 1.35. The van der Waals surface area contributed by atoms with Gasteiger partial charge in [-0.2, -0.15) is 0 Å². The van der Waals surface area contributed by atoms with E-state index < -0.39 is 12.1 Å². The van der Waals surface area contributed by atoms with Gasteiger partial charge in [-0.3, -0.25) is 4.79 Å². The number of ether oxygens (including phenoxy) is 2. The molecule has 2 aromatic heterocycles. The molecule has 2 unspecified atom stereocenters. The van der Waals surface area contributed by atoms with Crippen LogP contribution in [0, 0.1) is 18.3 Å². The van der Waals surface area contributed by atoms with Gasteiger partial charge in [0.15, 0.2) is 0 Å². The fourth-order valence-corrected chi connectivity index (χ4v) is 4.93. The lowest BCUT2D eigenvalue weighted by Crippen LogP contribution is -2.27. The zero-order valence-electron chi connectivity index (χ0n) is 20.7. The number of carbonyl (C=O) groups is 2. The number of amides is 1. The van der Waals surface area contributed by atoms with Gasteiger partial charge in [-0.15, -0.1) is 5.10 Å². The van der Waals surface area contributed by atoms with Crippen molar-refractivity contribution < 1.29 is 24.2 Å². The van der Waals surface area contributed by atoms with E-state index in [0.29, 0.717) is 23.7 Å². The van der Waals surface area contributed by atoms with Crippen molar-refractivity contribution in [1.82, 2.24) is 25.3 Å². The summed E-state index contributed by atoms with van der Waals surface area (Å²) in [4.78, 5) is 27.9. The molecule has 1 amide bonds. The van der Waals surface area contributed by atoms with Crippen LogP contribution in [0.5, 0.6) is 5.75 Å². The molecule has 0 saturated heterocycles. The van der Waals surface area contributed by atoms with Gasteiger partial charge in [-0.05, 0) is 63.5 Å². The topological polar surface area (TPSA) is 128 Å². The van der Waals surface area contributed by atoms with Gasteiger partial charge >= 0.3 is 12.1 Å². The number of aliphatic carboxylic acids is 1. The summed E-state index contributed by atoms with van der Waals surface area (Å²) in [6.07, 6.45) is 6.62. The van der Waals surface area contributed by atoms with Crippen LogP contribution in [0.4, 0.5) is 4.79 Å². The number of nitrogens with one attached hydrogen (secondary N) is 1. The number of carbonyl (C=O) groups excluding carboxylic acids is 1. The molecule has 10 heteroatoms. The van der Waals surface area contributed by atoms with Crippen LogP contribution >= 0.6 is 0 Å². The van der Waals surface area contributed by atoms with Crippen molar-refractivity contribution >= 4 is 12.1 Å². The highest BCUT2D eigenvalue weighted by Crippen LogP contribution is 2.49. The molecule has 0 bridgehead atoms. The summed E-state index contributed by atoms with van der Waals surface area (Å²) in [5.74, 6) is 0.0829. The largest absolute Gasteiger partial charge is 0.489 e. The Hall–Kier alpha value is -3.17. The number of pyridine rings is 1. The van der Waals surface area contributed by atoms with E-state index in [0.717, 1.165) is 56.3 Å². The van der Waals surface area contributed by atoms with Crippen LogP contribution in [0.2, 0.25) is 0 Å². The zero-order chi connectivity index (χ0) is 25.0. The maximum atomic E-state index is 12.3. The molecule has 0 aliphatic heterocycles. The molecule has 2 fully saturated rings. The molecular formula is C25H35N5O5. The summed E-state index contributed by atoms with van der Waals surface area (Å²) in [5.41, 5.74) is 2.87. The number of rotatable bonds is 11. The first-order chi connectivity index (χ1) is 16.8. The predicted octanol–water partition coefficient (Wildman–Crippen LogP) is 4.01. The Morgan fingerprint density at radius 2 is 2.09 bits per heavy atom. The van der Waals surface area contributed by atoms with Crippen molar-refractivity contribution in [3.8, 4) is 17.1 Å². The molecule has 2 saturated carbocycles. The van der Waals surface area contributed by atoms with Crippen molar-refractivity contribution in [2.75, 3.05) is 6.61 Å². The van der Waals surface area contributed by atoms with E-state index >= 15 is 0 Å². The number of alkyl carbamates (subject to hydrolysis) is 1. The molecule has 2 N–H and O–H groups in total. The first-order valence-corrected chi connectivity index (χ1v) is 12.4. The standard InChI is InChI=1S/C25H35N5O5/c1-4-9-25(10-11-25)15-34-24(33)26-14-20-23(28-29-30(20)3)19-7-8-21(16(2)27-19)35-18-6-5-17(12-18)13-22(31)32/h7-8,17-18H,4-6,9-15H2,1-3H3,(H,26,33)(H,31,32). The van der Waals surface area contributed by atoms with Crippen molar-refractivity contribution in [3.05, 3.63) is 23.5 Å². The number of hydrogen-bond donors (Lipinski definition) is 2. The van der Waals surface area contributed by atoms with E-state index in [2.05, 4.69) is 27.5 Å². The van der Waals surface area contributed by atoms with Gasteiger partial charge in [0.2, 0.25) is 0 Å². The third-order valence-electron chi connectivity index (χ3n) is 7.12. The summed E-state index contributed by atoms with van der Waals surface area (Å²) in [6.45, 7) is 4.71. The van der Waals surface area contributed by atoms with E-state index in [4.69, 9.17) is 14.6 Å². The molecule has 2 atom stereocenters.